The molecule has 26 heavy (non-hydrogen) atoms. The Morgan fingerprint density at radius 1 is 1.19 bits per heavy atom. The summed E-state index contributed by atoms with van der Waals surface area (Å²) >= 11 is 0. The molecule has 1 atom stereocenters. The van der Waals surface area contributed by atoms with Crippen molar-refractivity contribution in [2.24, 2.45) is 0 Å². The van der Waals surface area contributed by atoms with E-state index in [0.29, 0.717) is 0 Å². The lowest BCUT2D eigenvalue weighted by molar-refractivity contribution is -0.123. The van der Waals surface area contributed by atoms with Gasteiger partial charge in [0.25, 0.3) is 0 Å². The maximum absolute atomic E-state index is 14.2. The maximum atomic E-state index is 14.2. The average molecular weight is 385 g/mol. The molecule has 1 saturated carbocycles. The van der Waals surface area contributed by atoms with Gasteiger partial charge >= 0.3 is 0 Å². The molecule has 0 radical (unpaired) electrons. The second kappa shape index (κ2) is 9.35. The summed E-state index contributed by atoms with van der Waals surface area (Å²) in [5.41, 5.74) is -0.0883. The number of nitrogens with one attached hydrogen (secondary N) is 1. The van der Waals surface area contributed by atoms with Crippen LogP contribution in [0, 0.1) is 5.82 Å². The first-order valence-corrected chi connectivity index (χ1v) is 11.2. The first-order valence-electron chi connectivity index (χ1n) is 9.39. The quantitative estimate of drug-likeness (QED) is 0.815. The van der Waals surface area contributed by atoms with Crippen LogP contribution in [0.3, 0.4) is 0 Å². The Bertz CT molecular complexity index is 700. The molecular weight excluding hydrogens is 355 g/mol. The number of carbonyl (C=O) groups is 1. The van der Waals surface area contributed by atoms with E-state index in [1.807, 2.05) is 0 Å². The summed E-state index contributed by atoms with van der Waals surface area (Å²) in [5, 5.41) is 3.01. The number of hydrogen-bond donors (Lipinski definition) is 1. The summed E-state index contributed by atoms with van der Waals surface area (Å²) in [6.07, 6.45) is 8.75. The number of anilines is 1. The molecule has 1 aromatic carbocycles. The van der Waals surface area contributed by atoms with Crippen LogP contribution >= 0.6 is 0 Å². The van der Waals surface area contributed by atoms with Gasteiger partial charge in [-0.25, -0.2) is 12.8 Å². The van der Waals surface area contributed by atoms with Gasteiger partial charge in [-0.2, -0.15) is 0 Å². The molecule has 0 bridgehead atoms. The molecule has 1 unspecified atom stereocenters. The molecule has 1 fully saturated rings. The molecule has 5 nitrogen and oxygen atoms in total. The third-order valence-corrected chi connectivity index (χ3v) is 6.04. The molecular formula is C19H29FN2O3S. The Morgan fingerprint density at radius 2 is 1.77 bits per heavy atom. The van der Waals surface area contributed by atoms with Gasteiger partial charge in [0.15, 0.2) is 0 Å². The van der Waals surface area contributed by atoms with E-state index in [1.165, 1.54) is 24.6 Å². The van der Waals surface area contributed by atoms with E-state index in [-0.39, 0.29) is 24.1 Å². The number of hydrogen-bond acceptors (Lipinski definition) is 3. The van der Waals surface area contributed by atoms with Gasteiger partial charge in [0, 0.05) is 6.04 Å². The number of para-hydroxylation sites is 1. The summed E-state index contributed by atoms with van der Waals surface area (Å²) in [6.45, 7) is 1.74. The molecule has 1 aliphatic rings. The number of nitrogens with zero attached hydrogens (tertiary/aromatic N) is 1. The average Bonchev–Trinajstić information content (AvgIpc) is 2.54. The number of halogens is 1. The molecule has 0 heterocycles. The fraction of sp³-hybridized carbons (Fsp3) is 0.632. The van der Waals surface area contributed by atoms with Crippen molar-refractivity contribution in [2.45, 2.75) is 70.4 Å². The molecule has 2 rings (SSSR count). The molecule has 1 N–H and O–H groups in total. The van der Waals surface area contributed by atoms with Crippen molar-refractivity contribution >= 4 is 21.6 Å². The lowest BCUT2D eigenvalue weighted by atomic mass is 9.96. The first kappa shape index (κ1) is 20.7. The van der Waals surface area contributed by atoms with Crippen LogP contribution in [0.4, 0.5) is 10.1 Å². The predicted molar refractivity (Wildman–Crippen MR) is 102 cm³/mol. The smallest absolute Gasteiger partial charge is 0.244 e. The topological polar surface area (TPSA) is 66.5 Å². The van der Waals surface area contributed by atoms with E-state index in [2.05, 4.69) is 5.32 Å². The van der Waals surface area contributed by atoms with Crippen LogP contribution in [0.25, 0.3) is 0 Å². The van der Waals surface area contributed by atoms with Gasteiger partial charge in [0.2, 0.25) is 15.9 Å². The van der Waals surface area contributed by atoms with Crippen LogP contribution in [-0.4, -0.2) is 32.7 Å². The Morgan fingerprint density at radius 3 is 2.31 bits per heavy atom. The Labute approximate surface area is 156 Å². The number of amides is 1. The minimum absolute atomic E-state index is 0.0545. The third-order valence-electron chi connectivity index (χ3n) is 4.87. The zero-order valence-corrected chi connectivity index (χ0v) is 16.4. The maximum Gasteiger partial charge on any atom is 0.244 e. The zero-order chi connectivity index (χ0) is 19.2. The Hall–Kier alpha value is -1.63. The van der Waals surface area contributed by atoms with E-state index in [4.69, 9.17) is 0 Å². The SMILES string of the molecule is CCC(C(=O)NC1CCCCCCC1)N(c1ccccc1F)S(C)(=O)=O. The molecule has 1 amide bonds. The summed E-state index contributed by atoms with van der Waals surface area (Å²) in [6, 6.07) is 4.74. The summed E-state index contributed by atoms with van der Waals surface area (Å²) < 4.78 is 39.9. The lowest BCUT2D eigenvalue weighted by Gasteiger charge is -2.32. The molecule has 146 valence electrons. The molecule has 0 aromatic heterocycles. The van der Waals surface area contributed by atoms with Crippen LogP contribution < -0.4 is 9.62 Å². The minimum Gasteiger partial charge on any atom is -0.352 e. The largest absolute Gasteiger partial charge is 0.352 e. The van der Waals surface area contributed by atoms with E-state index in [9.17, 15) is 17.6 Å². The molecule has 7 heteroatoms. The van der Waals surface area contributed by atoms with Gasteiger partial charge < -0.3 is 5.32 Å². The summed E-state index contributed by atoms with van der Waals surface area (Å²) in [4.78, 5) is 12.9. The molecule has 1 aliphatic carbocycles. The number of carbonyl (C=O) groups excluding carboxylic acids is 1. The van der Waals surface area contributed by atoms with Crippen LogP contribution in [-0.2, 0) is 14.8 Å². The van der Waals surface area contributed by atoms with Crippen LogP contribution in [0.1, 0.15) is 58.3 Å². The third kappa shape index (κ3) is 5.43. The van der Waals surface area contributed by atoms with Crippen molar-refractivity contribution in [1.29, 1.82) is 0 Å². The summed E-state index contributed by atoms with van der Waals surface area (Å²) in [7, 11) is -3.82. The summed E-state index contributed by atoms with van der Waals surface area (Å²) in [5.74, 6) is -1.01. The van der Waals surface area contributed by atoms with Crippen LogP contribution in [0.2, 0.25) is 0 Å². The van der Waals surface area contributed by atoms with Gasteiger partial charge in [-0.15, -0.1) is 0 Å². The lowest BCUT2D eigenvalue weighted by Crippen LogP contribution is -2.52. The highest BCUT2D eigenvalue weighted by atomic mass is 32.2. The monoisotopic (exact) mass is 384 g/mol. The van der Waals surface area contributed by atoms with E-state index in [0.717, 1.165) is 49.1 Å². The van der Waals surface area contributed by atoms with E-state index >= 15 is 0 Å². The van der Waals surface area contributed by atoms with Crippen molar-refractivity contribution in [2.75, 3.05) is 10.6 Å². The van der Waals surface area contributed by atoms with Crippen LogP contribution in [0.5, 0.6) is 0 Å². The molecule has 0 saturated heterocycles. The van der Waals surface area contributed by atoms with E-state index < -0.39 is 21.9 Å². The van der Waals surface area contributed by atoms with Crippen LogP contribution in [0.15, 0.2) is 24.3 Å². The second-order valence-electron chi connectivity index (χ2n) is 6.98. The van der Waals surface area contributed by atoms with Crippen molar-refractivity contribution < 1.29 is 17.6 Å². The number of sulfonamides is 1. The fourth-order valence-corrected chi connectivity index (χ4v) is 4.78. The first-order chi connectivity index (χ1) is 12.3. The van der Waals surface area contributed by atoms with Crippen molar-refractivity contribution in [1.82, 2.24) is 5.32 Å². The number of rotatable bonds is 6. The number of benzene rings is 1. The normalized spacial score (nSPS) is 17.8. The van der Waals surface area contributed by atoms with Crippen molar-refractivity contribution in [3.05, 3.63) is 30.1 Å². The highest BCUT2D eigenvalue weighted by Gasteiger charge is 2.33. The van der Waals surface area contributed by atoms with Crippen molar-refractivity contribution in [3.8, 4) is 0 Å². The van der Waals surface area contributed by atoms with Gasteiger partial charge in [0.05, 0.1) is 11.9 Å². The predicted octanol–water partition coefficient (Wildman–Crippen LogP) is 3.60. The second-order valence-corrected chi connectivity index (χ2v) is 8.84. The minimum atomic E-state index is -3.82. The highest BCUT2D eigenvalue weighted by Crippen LogP contribution is 2.26. The Balaban J connectivity index is 2.24. The van der Waals surface area contributed by atoms with Gasteiger partial charge in [-0.1, -0.05) is 51.2 Å². The highest BCUT2D eigenvalue weighted by molar-refractivity contribution is 7.92. The fourth-order valence-electron chi connectivity index (χ4n) is 3.56. The Kier molecular flexibility index (Phi) is 7.43. The van der Waals surface area contributed by atoms with Gasteiger partial charge in [-0.05, 0) is 31.4 Å². The standard InChI is InChI=1S/C19H29FN2O3S/c1-3-17(19(23)21-15-11-7-5-4-6-8-12-15)22(26(2,24)25)18-14-10-9-13-16(18)20/h9-10,13-15,17H,3-8,11-12H2,1-2H3,(H,21,23). The van der Waals surface area contributed by atoms with Gasteiger partial charge in [0.1, 0.15) is 11.9 Å². The molecule has 0 spiro atoms. The molecule has 0 aliphatic heterocycles. The molecule has 1 aromatic rings. The zero-order valence-electron chi connectivity index (χ0n) is 15.6. The van der Waals surface area contributed by atoms with Gasteiger partial charge in [-0.3, -0.25) is 9.10 Å². The van der Waals surface area contributed by atoms with E-state index in [1.54, 1.807) is 13.0 Å². The van der Waals surface area contributed by atoms with Crippen molar-refractivity contribution in [3.63, 3.8) is 0 Å².